The maximum absolute atomic E-state index is 8.64. The molecular formula is C8H7ClN2O. The fraction of sp³-hybridized carbons (Fsp3) is 0.250. The molecule has 4 heteroatoms. The van der Waals surface area contributed by atoms with E-state index in [4.69, 9.17) is 21.6 Å². The van der Waals surface area contributed by atoms with E-state index in [1.165, 1.54) is 12.3 Å². The highest BCUT2D eigenvalue weighted by atomic mass is 35.5. The van der Waals surface area contributed by atoms with E-state index in [-0.39, 0.29) is 0 Å². The van der Waals surface area contributed by atoms with E-state index in [0.29, 0.717) is 23.1 Å². The van der Waals surface area contributed by atoms with Crippen molar-refractivity contribution in [3.63, 3.8) is 0 Å². The first-order chi connectivity index (χ1) is 5.77. The van der Waals surface area contributed by atoms with Crippen molar-refractivity contribution in [2.45, 2.75) is 6.92 Å². The van der Waals surface area contributed by atoms with Crippen LogP contribution in [0.4, 0.5) is 0 Å². The third kappa shape index (κ3) is 1.86. The van der Waals surface area contributed by atoms with Gasteiger partial charge < -0.3 is 4.74 Å². The number of ether oxygens (including phenoxy) is 1. The molecule has 0 spiro atoms. The summed E-state index contributed by atoms with van der Waals surface area (Å²) in [6.45, 7) is 2.32. The second kappa shape index (κ2) is 3.93. The van der Waals surface area contributed by atoms with E-state index in [0.717, 1.165) is 0 Å². The number of rotatable bonds is 2. The molecule has 0 aliphatic carbocycles. The molecule has 1 aromatic heterocycles. The summed E-state index contributed by atoms with van der Waals surface area (Å²) in [4.78, 5) is 3.86. The molecule has 0 unspecified atom stereocenters. The average molecular weight is 183 g/mol. The fourth-order valence-electron chi connectivity index (χ4n) is 0.759. The Hall–Kier alpha value is -1.27. The molecule has 0 atom stereocenters. The van der Waals surface area contributed by atoms with Gasteiger partial charge in [0.25, 0.3) is 0 Å². The van der Waals surface area contributed by atoms with Crippen molar-refractivity contribution in [3.8, 4) is 11.9 Å². The van der Waals surface area contributed by atoms with Crippen molar-refractivity contribution in [1.29, 1.82) is 5.26 Å². The smallest absolute Gasteiger partial charge is 0.231 e. The second-order valence-corrected chi connectivity index (χ2v) is 2.49. The quantitative estimate of drug-likeness (QED) is 0.703. The monoisotopic (exact) mass is 182 g/mol. The minimum Gasteiger partial charge on any atom is -0.477 e. The zero-order valence-corrected chi connectivity index (χ0v) is 7.30. The molecule has 0 radical (unpaired) electrons. The Morgan fingerprint density at radius 2 is 2.50 bits per heavy atom. The van der Waals surface area contributed by atoms with Gasteiger partial charge in [0.05, 0.1) is 11.6 Å². The summed E-state index contributed by atoms with van der Waals surface area (Å²) in [5.41, 5.74) is 0.365. The van der Waals surface area contributed by atoms with E-state index in [1.807, 2.05) is 13.0 Å². The number of hydrogen-bond donors (Lipinski definition) is 0. The van der Waals surface area contributed by atoms with Gasteiger partial charge >= 0.3 is 0 Å². The van der Waals surface area contributed by atoms with Crippen molar-refractivity contribution >= 4 is 11.6 Å². The van der Waals surface area contributed by atoms with E-state index in [1.54, 1.807) is 0 Å². The van der Waals surface area contributed by atoms with Crippen molar-refractivity contribution in [2.75, 3.05) is 6.61 Å². The predicted molar refractivity (Wildman–Crippen MR) is 45.1 cm³/mol. The second-order valence-electron chi connectivity index (χ2n) is 2.05. The Morgan fingerprint density at radius 1 is 1.75 bits per heavy atom. The van der Waals surface area contributed by atoms with Crippen LogP contribution in [0.15, 0.2) is 12.3 Å². The lowest BCUT2D eigenvalue weighted by Gasteiger charge is -2.02. The van der Waals surface area contributed by atoms with Crippen molar-refractivity contribution in [3.05, 3.63) is 22.8 Å². The topological polar surface area (TPSA) is 45.9 Å². The van der Waals surface area contributed by atoms with Crippen LogP contribution in [0, 0.1) is 11.3 Å². The van der Waals surface area contributed by atoms with Crippen molar-refractivity contribution < 1.29 is 4.74 Å². The molecule has 0 saturated heterocycles. The summed E-state index contributed by atoms with van der Waals surface area (Å²) < 4.78 is 5.09. The van der Waals surface area contributed by atoms with Crippen LogP contribution >= 0.6 is 11.6 Å². The van der Waals surface area contributed by atoms with Crippen LogP contribution in [0.25, 0.3) is 0 Å². The Bertz CT molecular complexity index is 319. The van der Waals surface area contributed by atoms with Crippen LogP contribution in [0.1, 0.15) is 12.5 Å². The van der Waals surface area contributed by atoms with Crippen LogP contribution in [0.3, 0.4) is 0 Å². The highest BCUT2D eigenvalue weighted by molar-refractivity contribution is 6.30. The molecule has 0 N–H and O–H groups in total. The average Bonchev–Trinajstić information content (AvgIpc) is 2.08. The maximum Gasteiger partial charge on any atom is 0.231 e. The molecule has 0 aliphatic heterocycles. The van der Waals surface area contributed by atoms with Crippen molar-refractivity contribution in [2.24, 2.45) is 0 Å². The molecule has 62 valence electrons. The van der Waals surface area contributed by atoms with E-state index >= 15 is 0 Å². The SMILES string of the molecule is CCOc1ncc(Cl)cc1C#N. The molecule has 0 amide bonds. The van der Waals surface area contributed by atoms with Crippen LogP contribution in [-0.2, 0) is 0 Å². The van der Waals surface area contributed by atoms with Gasteiger partial charge in [0, 0.05) is 6.20 Å². The first kappa shape index (κ1) is 8.82. The molecule has 3 nitrogen and oxygen atoms in total. The normalized spacial score (nSPS) is 9.08. The van der Waals surface area contributed by atoms with Crippen LogP contribution in [0.5, 0.6) is 5.88 Å². The van der Waals surface area contributed by atoms with Gasteiger partial charge in [-0.15, -0.1) is 0 Å². The van der Waals surface area contributed by atoms with Gasteiger partial charge in [0.1, 0.15) is 11.6 Å². The van der Waals surface area contributed by atoms with Gasteiger partial charge in [-0.25, -0.2) is 4.98 Å². The van der Waals surface area contributed by atoms with Gasteiger partial charge in [-0.2, -0.15) is 5.26 Å². The summed E-state index contributed by atoms with van der Waals surface area (Å²) >= 11 is 5.63. The van der Waals surface area contributed by atoms with Gasteiger partial charge in [-0.3, -0.25) is 0 Å². The predicted octanol–water partition coefficient (Wildman–Crippen LogP) is 2.01. The molecule has 0 saturated carbocycles. The third-order valence-electron chi connectivity index (χ3n) is 1.22. The summed E-state index contributed by atoms with van der Waals surface area (Å²) in [5.74, 6) is 0.337. The highest BCUT2D eigenvalue weighted by Crippen LogP contribution is 2.18. The molecule has 1 heterocycles. The van der Waals surface area contributed by atoms with Gasteiger partial charge in [0.15, 0.2) is 0 Å². The molecule has 0 aliphatic rings. The zero-order chi connectivity index (χ0) is 8.97. The van der Waals surface area contributed by atoms with E-state index in [9.17, 15) is 0 Å². The Kier molecular flexibility index (Phi) is 2.89. The molecule has 0 fully saturated rings. The van der Waals surface area contributed by atoms with E-state index in [2.05, 4.69) is 4.98 Å². The fourth-order valence-corrected chi connectivity index (χ4v) is 0.916. The zero-order valence-electron chi connectivity index (χ0n) is 6.54. The molecule has 12 heavy (non-hydrogen) atoms. The Labute approximate surface area is 75.6 Å². The standard InChI is InChI=1S/C8H7ClN2O/c1-2-12-8-6(4-10)3-7(9)5-11-8/h3,5H,2H2,1H3. The molecular weight excluding hydrogens is 176 g/mol. The molecule has 1 aromatic rings. The third-order valence-corrected chi connectivity index (χ3v) is 1.43. The lowest BCUT2D eigenvalue weighted by molar-refractivity contribution is 0.326. The van der Waals surface area contributed by atoms with E-state index < -0.39 is 0 Å². The first-order valence-electron chi connectivity index (χ1n) is 3.46. The Morgan fingerprint density at radius 3 is 3.08 bits per heavy atom. The number of nitrogens with zero attached hydrogens (tertiary/aromatic N) is 2. The van der Waals surface area contributed by atoms with Gasteiger partial charge in [0.2, 0.25) is 5.88 Å². The summed E-state index contributed by atoms with van der Waals surface area (Å²) in [5, 5.41) is 9.08. The van der Waals surface area contributed by atoms with Gasteiger partial charge in [-0.05, 0) is 13.0 Å². The summed E-state index contributed by atoms with van der Waals surface area (Å²) in [6.07, 6.45) is 1.45. The first-order valence-corrected chi connectivity index (χ1v) is 3.84. The molecule has 0 aromatic carbocycles. The minimum atomic E-state index is 0.337. The maximum atomic E-state index is 8.64. The van der Waals surface area contributed by atoms with Crippen molar-refractivity contribution in [1.82, 2.24) is 4.98 Å². The number of hydrogen-bond acceptors (Lipinski definition) is 3. The largest absolute Gasteiger partial charge is 0.477 e. The minimum absolute atomic E-state index is 0.337. The highest BCUT2D eigenvalue weighted by Gasteiger charge is 2.03. The lowest BCUT2D eigenvalue weighted by Crippen LogP contribution is -1.96. The number of nitriles is 1. The lowest BCUT2D eigenvalue weighted by atomic mass is 10.3. The number of pyridine rings is 1. The molecule has 1 rings (SSSR count). The van der Waals surface area contributed by atoms with Gasteiger partial charge in [-0.1, -0.05) is 11.6 Å². The number of aromatic nitrogens is 1. The Balaban J connectivity index is 3.05. The van der Waals surface area contributed by atoms with Crippen LogP contribution < -0.4 is 4.74 Å². The van der Waals surface area contributed by atoms with Crippen LogP contribution in [0.2, 0.25) is 5.02 Å². The molecule has 0 bridgehead atoms. The summed E-state index contributed by atoms with van der Waals surface area (Å²) in [6, 6.07) is 3.48. The summed E-state index contributed by atoms with van der Waals surface area (Å²) in [7, 11) is 0. The van der Waals surface area contributed by atoms with Crippen LogP contribution in [-0.4, -0.2) is 11.6 Å². The number of halogens is 1.